The number of benzene rings is 2. The predicted octanol–water partition coefficient (Wildman–Crippen LogP) is 4.70. The first kappa shape index (κ1) is 19.9. The molecule has 4 nitrogen and oxygen atoms in total. The van der Waals surface area contributed by atoms with Gasteiger partial charge in [0, 0.05) is 10.8 Å². The van der Waals surface area contributed by atoms with E-state index in [1.54, 1.807) is 14.2 Å². The number of halogens is 1. The number of methoxy groups -OCH3 is 2. The predicted molar refractivity (Wildman–Crippen MR) is 121 cm³/mol. The standard InChI is InChI=1S/C21H24INO3Si/c1-24-17-11-15-16(12-18(17)25-2)20(23-13-14-9-7-6-8-10-14)26-21(19(15)22)27(3,4)5/h6-12H,13H2,1-5H3. The van der Waals surface area contributed by atoms with Crippen LogP contribution in [-0.2, 0) is 6.54 Å². The molecule has 0 aliphatic heterocycles. The molecule has 0 aliphatic rings. The second-order valence-electron chi connectivity index (χ2n) is 7.35. The number of hydrogen-bond donors (Lipinski definition) is 0. The Morgan fingerprint density at radius 3 is 2.11 bits per heavy atom. The minimum atomic E-state index is -1.69. The molecule has 0 saturated heterocycles. The Morgan fingerprint density at radius 1 is 0.963 bits per heavy atom. The fraction of sp³-hybridized carbons (Fsp3) is 0.286. The molecule has 0 spiro atoms. The van der Waals surface area contributed by atoms with Gasteiger partial charge >= 0.3 is 0 Å². The Bertz CT molecular complexity index is 1020. The summed E-state index contributed by atoms with van der Waals surface area (Å²) >= 11 is 2.38. The van der Waals surface area contributed by atoms with Crippen LogP contribution in [0.15, 0.2) is 51.9 Å². The average Bonchev–Trinajstić information content (AvgIpc) is 2.66. The van der Waals surface area contributed by atoms with Crippen LogP contribution in [0.4, 0.5) is 0 Å². The van der Waals surface area contributed by atoms with Gasteiger partial charge in [0.1, 0.15) is 8.07 Å². The number of nitrogens with zero attached hydrogens (tertiary/aromatic N) is 1. The summed E-state index contributed by atoms with van der Waals surface area (Å²) in [6.45, 7) is 7.41. The first-order chi connectivity index (χ1) is 12.8. The lowest BCUT2D eigenvalue weighted by Crippen LogP contribution is -2.41. The fourth-order valence-corrected chi connectivity index (χ4v) is 7.08. The maximum Gasteiger partial charge on any atom is 0.222 e. The van der Waals surface area contributed by atoms with Gasteiger partial charge in [0.25, 0.3) is 0 Å². The maximum atomic E-state index is 6.37. The van der Waals surface area contributed by atoms with E-state index in [-0.39, 0.29) is 0 Å². The van der Waals surface area contributed by atoms with E-state index >= 15 is 0 Å². The van der Waals surface area contributed by atoms with Crippen molar-refractivity contribution in [2.24, 2.45) is 4.99 Å². The number of rotatable bonds is 5. The van der Waals surface area contributed by atoms with Gasteiger partial charge in [-0.05, 0) is 40.3 Å². The summed E-state index contributed by atoms with van der Waals surface area (Å²) in [5.74, 6) is 1.39. The van der Waals surface area contributed by atoms with E-state index < -0.39 is 8.07 Å². The van der Waals surface area contributed by atoms with Gasteiger partial charge in [0.15, 0.2) is 11.5 Å². The third kappa shape index (κ3) is 4.21. The molecular formula is C21H24INO3Si. The van der Waals surface area contributed by atoms with Crippen LogP contribution in [0.25, 0.3) is 10.8 Å². The Kier molecular flexibility index (Phi) is 5.95. The van der Waals surface area contributed by atoms with Crippen molar-refractivity contribution in [3.05, 3.63) is 57.2 Å². The van der Waals surface area contributed by atoms with E-state index in [0.29, 0.717) is 23.6 Å². The molecule has 0 saturated carbocycles. The van der Waals surface area contributed by atoms with Crippen molar-refractivity contribution in [3.63, 3.8) is 0 Å². The zero-order chi connectivity index (χ0) is 19.6. The molecular weight excluding hydrogens is 469 g/mol. The van der Waals surface area contributed by atoms with E-state index in [2.05, 4.69) is 54.4 Å². The molecule has 0 N–H and O–H groups in total. The van der Waals surface area contributed by atoms with Crippen LogP contribution in [-0.4, -0.2) is 22.3 Å². The van der Waals surface area contributed by atoms with Gasteiger partial charge in [-0.25, -0.2) is 4.99 Å². The molecule has 3 rings (SSSR count). The van der Waals surface area contributed by atoms with Crippen molar-refractivity contribution in [1.82, 2.24) is 0 Å². The summed E-state index contributed by atoms with van der Waals surface area (Å²) < 4.78 is 18.5. The molecule has 1 aromatic heterocycles. The topological polar surface area (TPSA) is 44.0 Å². The third-order valence-electron chi connectivity index (χ3n) is 4.32. The molecule has 0 fully saturated rings. The zero-order valence-electron chi connectivity index (χ0n) is 16.3. The second-order valence-corrected chi connectivity index (χ2v) is 13.4. The van der Waals surface area contributed by atoms with Gasteiger partial charge in [-0.3, -0.25) is 0 Å². The van der Waals surface area contributed by atoms with Gasteiger partial charge in [-0.2, -0.15) is 0 Å². The van der Waals surface area contributed by atoms with Crippen LogP contribution in [0.5, 0.6) is 11.5 Å². The van der Waals surface area contributed by atoms with Crippen molar-refractivity contribution in [1.29, 1.82) is 0 Å². The lowest BCUT2D eigenvalue weighted by molar-refractivity contribution is 0.355. The fourth-order valence-electron chi connectivity index (χ4n) is 2.90. The molecule has 6 heteroatoms. The zero-order valence-corrected chi connectivity index (χ0v) is 19.5. The molecule has 0 aliphatic carbocycles. The highest BCUT2D eigenvalue weighted by atomic mass is 127. The average molecular weight is 493 g/mol. The molecule has 142 valence electrons. The van der Waals surface area contributed by atoms with Crippen LogP contribution in [0.2, 0.25) is 19.6 Å². The molecule has 2 aromatic carbocycles. The highest BCUT2D eigenvalue weighted by Gasteiger charge is 2.26. The molecule has 0 atom stereocenters. The Balaban J connectivity index is 2.31. The lowest BCUT2D eigenvalue weighted by atomic mass is 10.1. The number of hydrogen-bond acceptors (Lipinski definition) is 4. The Morgan fingerprint density at radius 2 is 1.56 bits per heavy atom. The Labute approximate surface area is 174 Å². The molecule has 3 aromatic rings. The van der Waals surface area contributed by atoms with Gasteiger partial charge in [0.2, 0.25) is 5.55 Å². The number of fused-ring (bicyclic) bond motifs is 1. The highest BCUT2D eigenvalue weighted by molar-refractivity contribution is 14.1. The summed E-state index contributed by atoms with van der Waals surface area (Å²) in [5, 5.41) is 3.08. The van der Waals surface area contributed by atoms with Gasteiger partial charge in [-0.15, -0.1) is 0 Å². The minimum Gasteiger partial charge on any atom is -0.493 e. The maximum absolute atomic E-state index is 6.37. The lowest BCUT2D eigenvalue weighted by Gasteiger charge is -2.19. The van der Waals surface area contributed by atoms with Crippen molar-refractivity contribution in [2.75, 3.05) is 14.2 Å². The molecule has 0 bridgehead atoms. The summed E-state index contributed by atoms with van der Waals surface area (Å²) in [6.07, 6.45) is 0. The summed E-state index contributed by atoms with van der Waals surface area (Å²) in [6, 6.07) is 14.2. The van der Waals surface area contributed by atoms with Gasteiger partial charge in [-0.1, -0.05) is 50.0 Å². The Hall–Kier alpha value is -1.80. The van der Waals surface area contributed by atoms with E-state index in [9.17, 15) is 0 Å². The van der Waals surface area contributed by atoms with Crippen molar-refractivity contribution in [3.8, 4) is 11.5 Å². The van der Waals surface area contributed by atoms with Crippen molar-refractivity contribution >= 4 is 46.8 Å². The quantitative estimate of drug-likeness (QED) is 0.383. The van der Waals surface area contributed by atoms with E-state index in [1.165, 1.54) is 0 Å². The molecule has 1 heterocycles. The normalized spacial score (nSPS) is 12.4. The van der Waals surface area contributed by atoms with Gasteiger partial charge in [0.05, 0.1) is 29.7 Å². The van der Waals surface area contributed by atoms with Crippen LogP contribution < -0.4 is 20.4 Å². The summed E-state index contributed by atoms with van der Waals surface area (Å²) in [4.78, 5) is 4.81. The van der Waals surface area contributed by atoms with Gasteiger partial charge < -0.3 is 13.9 Å². The molecule has 27 heavy (non-hydrogen) atoms. The van der Waals surface area contributed by atoms with Crippen LogP contribution in [0.1, 0.15) is 5.56 Å². The smallest absolute Gasteiger partial charge is 0.222 e. The van der Waals surface area contributed by atoms with E-state index in [4.69, 9.17) is 18.9 Å². The summed E-state index contributed by atoms with van der Waals surface area (Å²) in [5.41, 5.74) is 1.79. The summed E-state index contributed by atoms with van der Waals surface area (Å²) in [7, 11) is 1.61. The molecule has 0 amide bonds. The SMILES string of the molecule is COc1cc2c(I)c([Si](C)(C)C)oc(=NCc3ccccc3)c2cc1OC. The second kappa shape index (κ2) is 8.06. The first-order valence-corrected chi connectivity index (χ1v) is 13.4. The highest BCUT2D eigenvalue weighted by Crippen LogP contribution is 2.32. The van der Waals surface area contributed by atoms with E-state index in [1.807, 2.05) is 30.3 Å². The van der Waals surface area contributed by atoms with Crippen LogP contribution in [0.3, 0.4) is 0 Å². The largest absolute Gasteiger partial charge is 0.493 e. The van der Waals surface area contributed by atoms with Crippen molar-refractivity contribution in [2.45, 2.75) is 26.2 Å². The van der Waals surface area contributed by atoms with E-state index in [0.717, 1.165) is 25.3 Å². The van der Waals surface area contributed by atoms with Crippen molar-refractivity contribution < 1.29 is 13.9 Å². The third-order valence-corrected chi connectivity index (χ3v) is 7.61. The first-order valence-electron chi connectivity index (χ1n) is 8.78. The van der Waals surface area contributed by atoms with Crippen LogP contribution >= 0.6 is 22.6 Å². The minimum absolute atomic E-state index is 0.569. The molecule has 0 unspecified atom stereocenters. The van der Waals surface area contributed by atoms with Crippen LogP contribution in [0, 0.1) is 3.57 Å². The number of ether oxygens (including phenoxy) is 2. The monoisotopic (exact) mass is 493 g/mol. The molecule has 0 radical (unpaired) electrons.